The van der Waals surface area contributed by atoms with Crippen molar-refractivity contribution < 1.29 is 19.2 Å². The molecule has 0 fully saturated rings. The monoisotopic (exact) mass is 1010 g/mol. The number of nitrogens with one attached hydrogen (secondary N) is 3. The van der Waals surface area contributed by atoms with Gasteiger partial charge in [0.15, 0.2) is 11.6 Å². The number of aryl methyl sites for hydroxylation is 2. The summed E-state index contributed by atoms with van der Waals surface area (Å²) >= 11 is 0. The summed E-state index contributed by atoms with van der Waals surface area (Å²) in [5, 5.41) is 10.3. The van der Waals surface area contributed by atoms with E-state index in [2.05, 4.69) is 92.2 Å². The van der Waals surface area contributed by atoms with Gasteiger partial charge in [0.2, 0.25) is 0 Å². The van der Waals surface area contributed by atoms with Crippen molar-refractivity contribution in [1.29, 1.82) is 0 Å². The largest absolute Gasteiger partial charge is 0.341 e. The lowest BCUT2D eigenvalue weighted by Gasteiger charge is -2.44. The Balaban J connectivity index is 1.21. The maximum Gasteiger partial charge on any atom is 0.253 e. The zero-order valence-electron chi connectivity index (χ0n) is 45.8. The highest BCUT2D eigenvalue weighted by molar-refractivity contribution is 6.29. The Kier molecular flexibility index (Phi) is 22.0. The summed E-state index contributed by atoms with van der Waals surface area (Å²) in [4.78, 5) is 60.2. The van der Waals surface area contributed by atoms with Crippen molar-refractivity contribution in [2.24, 2.45) is 0 Å². The van der Waals surface area contributed by atoms with E-state index in [1.165, 1.54) is 92.9 Å². The average molecular weight is 1010 g/mol. The molecule has 0 bridgehead atoms. The first-order chi connectivity index (χ1) is 36.7. The number of carbonyl (C=O) groups is 4. The van der Waals surface area contributed by atoms with Gasteiger partial charge in [0.05, 0.1) is 11.6 Å². The van der Waals surface area contributed by atoms with Gasteiger partial charge in [-0.05, 0) is 121 Å². The summed E-state index contributed by atoms with van der Waals surface area (Å²) < 4.78 is 0. The number of benzene rings is 5. The van der Waals surface area contributed by atoms with Crippen LogP contribution >= 0.6 is 0 Å². The van der Waals surface area contributed by atoms with Gasteiger partial charge in [-0.2, -0.15) is 0 Å². The van der Waals surface area contributed by atoms with Gasteiger partial charge in [0.1, 0.15) is 5.66 Å². The molecule has 2 atom stereocenters. The molecule has 3 N–H and O–H groups in total. The van der Waals surface area contributed by atoms with Gasteiger partial charge in [0.25, 0.3) is 11.8 Å². The molecule has 5 aromatic rings. The van der Waals surface area contributed by atoms with Crippen molar-refractivity contribution in [2.75, 3.05) is 6.54 Å². The van der Waals surface area contributed by atoms with Crippen LogP contribution in [0, 0.1) is 0 Å². The fourth-order valence-electron chi connectivity index (χ4n) is 11.2. The molecule has 7 heteroatoms. The topological polar surface area (TPSA) is 104 Å². The lowest BCUT2D eigenvalue weighted by Crippen LogP contribution is -2.64. The minimum absolute atomic E-state index is 0.161. The molecule has 75 heavy (non-hydrogen) atoms. The molecule has 7 nitrogen and oxygen atoms in total. The Morgan fingerprint density at radius 1 is 0.440 bits per heavy atom. The zero-order valence-corrected chi connectivity index (χ0v) is 45.8. The molecule has 0 spiro atoms. The lowest BCUT2D eigenvalue weighted by molar-refractivity contribution is 0.0873. The summed E-state index contributed by atoms with van der Waals surface area (Å²) in [6.07, 6.45) is 27.3. The predicted octanol–water partition coefficient (Wildman–Crippen LogP) is 16.5. The Hall–Kier alpha value is -6.18. The third-order valence-electron chi connectivity index (χ3n) is 15.5. The van der Waals surface area contributed by atoms with Crippen LogP contribution in [0.4, 0.5) is 0 Å². The van der Waals surface area contributed by atoms with Crippen molar-refractivity contribution >= 4 is 23.4 Å². The Morgan fingerprint density at radius 2 is 0.867 bits per heavy atom. The molecule has 0 heterocycles. The molecule has 2 amide bonds. The summed E-state index contributed by atoms with van der Waals surface area (Å²) in [5.74, 6) is -1.38. The van der Waals surface area contributed by atoms with Gasteiger partial charge in [0, 0.05) is 27.8 Å². The second-order valence-electron chi connectivity index (χ2n) is 21.2. The molecule has 396 valence electrons. The number of hydrogen-bond acceptors (Lipinski definition) is 5. The van der Waals surface area contributed by atoms with E-state index in [1.54, 1.807) is 24.3 Å². The molecule has 7 rings (SSSR count). The Labute approximate surface area is 449 Å². The third kappa shape index (κ3) is 14.8. The normalized spacial score (nSPS) is 16.1. The van der Waals surface area contributed by atoms with Gasteiger partial charge in [-0.3, -0.25) is 24.5 Å². The van der Waals surface area contributed by atoms with E-state index in [-0.39, 0.29) is 40.1 Å². The van der Waals surface area contributed by atoms with E-state index in [0.717, 1.165) is 87.3 Å². The molecular weight excluding hydrogens is 923 g/mol. The van der Waals surface area contributed by atoms with E-state index in [1.807, 2.05) is 54.6 Å². The van der Waals surface area contributed by atoms with Crippen LogP contribution in [0.2, 0.25) is 0 Å². The third-order valence-corrected chi connectivity index (χ3v) is 15.5. The first-order valence-corrected chi connectivity index (χ1v) is 29.1. The predicted molar refractivity (Wildman–Crippen MR) is 310 cm³/mol. The van der Waals surface area contributed by atoms with Gasteiger partial charge < -0.3 is 10.6 Å². The average Bonchev–Trinajstić information content (AvgIpc) is 3.44. The highest BCUT2D eigenvalue weighted by Crippen LogP contribution is 2.41. The van der Waals surface area contributed by atoms with Crippen LogP contribution in [-0.2, 0) is 12.8 Å². The van der Waals surface area contributed by atoms with Crippen molar-refractivity contribution in [1.82, 2.24) is 16.0 Å². The standard InChI is InChI=1S/C68H85N3O4/c1-5-9-13-16-19-22-32-50-34-24-26-36-57(50)52-40-44-54(45-41-52)66(74)70-63-56(31-12-8-4)49-68(69-48-30-21-18-15-11-7-3,62-61(63)64(72)59-38-28-29-39-60(59)65(62)73)71-67(75)55-46-42-53(43-47-55)58-37-27-25-35-51(58)33-23-20-17-14-10-6-2/h24-29,34-47,49,63,69H,5-23,30-33,48H2,1-4H3,(H,70,74)(H,71,75). The van der Waals surface area contributed by atoms with Gasteiger partial charge in [-0.25, -0.2) is 0 Å². The van der Waals surface area contributed by atoms with Crippen LogP contribution in [0.1, 0.15) is 215 Å². The van der Waals surface area contributed by atoms with Crippen molar-refractivity contribution in [3.8, 4) is 22.3 Å². The molecule has 0 aliphatic heterocycles. The molecule has 0 saturated heterocycles. The molecule has 2 aliphatic rings. The molecule has 0 saturated carbocycles. The summed E-state index contributed by atoms with van der Waals surface area (Å²) in [5.41, 5.74) is 8.09. The number of Topliss-reactive ketones (excluding diaryl/α,β-unsaturated/α-hetero) is 2. The van der Waals surface area contributed by atoms with Crippen LogP contribution in [0.5, 0.6) is 0 Å². The van der Waals surface area contributed by atoms with Crippen LogP contribution in [0.15, 0.2) is 144 Å². The fourth-order valence-corrected chi connectivity index (χ4v) is 11.2. The summed E-state index contributed by atoms with van der Waals surface area (Å²) in [7, 11) is 0. The van der Waals surface area contributed by atoms with E-state index in [4.69, 9.17) is 0 Å². The van der Waals surface area contributed by atoms with Crippen LogP contribution < -0.4 is 16.0 Å². The van der Waals surface area contributed by atoms with Crippen molar-refractivity contribution in [3.63, 3.8) is 0 Å². The van der Waals surface area contributed by atoms with Gasteiger partial charge in [-0.1, -0.05) is 227 Å². The minimum Gasteiger partial charge on any atom is -0.341 e. The van der Waals surface area contributed by atoms with Crippen LogP contribution in [0.25, 0.3) is 22.3 Å². The van der Waals surface area contributed by atoms with Crippen LogP contribution in [0.3, 0.4) is 0 Å². The second-order valence-corrected chi connectivity index (χ2v) is 21.2. The fraction of sp³-hybridized carbons (Fsp3) is 0.441. The number of amides is 2. The first kappa shape index (κ1) is 56.5. The second kappa shape index (κ2) is 29.2. The van der Waals surface area contributed by atoms with Crippen LogP contribution in [-0.4, -0.2) is 41.6 Å². The number of fused-ring (bicyclic) bond motifs is 1. The van der Waals surface area contributed by atoms with E-state index < -0.39 is 11.7 Å². The number of rotatable bonds is 31. The summed E-state index contributed by atoms with van der Waals surface area (Å²) in [6.45, 7) is 9.30. The van der Waals surface area contributed by atoms with Crippen molar-refractivity contribution in [3.05, 3.63) is 178 Å². The molecular formula is C68H85N3O4. The van der Waals surface area contributed by atoms with Gasteiger partial charge in [-0.15, -0.1) is 0 Å². The molecule has 2 aliphatic carbocycles. The SMILES string of the molecule is CCCCCCCCNC1(NC(=O)c2ccc(-c3ccccc3CCCCCCCC)cc2)C=C(CCCC)C(NC(=O)c2ccc(-c3ccccc3CCCCCCCC)cc2)C2=C1C(=O)c1ccccc1C2=O. The maximum atomic E-state index is 15.3. The van der Waals surface area contributed by atoms with E-state index in [9.17, 15) is 9.59 Å². The zero-order chi connectivity index (χ0) is 52.8. The van der Waals surface area contributed by atoms with E-state index in [0.29, 0.717) is 29.7 Å². The Bertz CT molecular complexity index is 2730. The number of carbonyl (C=O) groups excluding carboxylic acids is 4. The maximum absolute atomic E-state index is 15.3. The molecule has 0 aromatic heterocycles. The molecule has 2 unspecified atom stereocenters. The molecule has 0 radical (unpaired) electrons. The van der Waals surface area contributed by atoms with E-state index >= 15 is 9.59 Å². The van der Waals surface area contributed by atoms with Crippen molar-refractivity contribution in [2.45, 2.75) is 187 Å². The number of hydrogen-bond donors (Lipinski definition) is 3. The lowest BCUT2D eigenvalue weighted by atomic mass is 9.70. The molecule has 5 aromatic carbocycles. The minimum atomic E-state index is -1.55. The number of unbranched alkanes of at least 4 members (excludes halogenated alkanes) is 16. The van der Waals surface area contributed by atoms with Gasteiger partial charge >= 0.3 is 0 Å². The smallest absolute Gasteiger partial charge is 0.253 e. The number of ketones is 2. The quantitative estimate of drug-likeness (QED) is 0.0233. The highest BCUT2D eigenvalue weighted by atomic mass is 16.2. The first-order valence-electron chi connectivity index (χ1n) is 29.1. The Morgan fingerprint density at radius 3 is 1.37 bits per heavy atom. The summed E-state index contributed by atoms with van der Waals surface area (Å²) in [6, 6.07) is 38.6. The highest BCUT2D eigenvalue weighted by Gasteiger charge is 2.50.